The van der Waals surface area contributed by atoms with Crippen molar-refractivity contribution < 1.29 is 24.8 Å². The van der Waals surface area contributed by atoms with Crippen molar-refractivity contribution in [3.05, 3.63) is 12.2 Å². The Kier molecular flexibility index (Phi) is 10.7. The van der Waals surface area contributed by atoms with Crippen LogP contribution in [0, 0.1) is 0 Å². The fourth-order valence-electron chi connectivity index (χ4n) is 2.60. The van der Waals surface area contributed by atoms with Crippen molar-refractivity contribution in [1.82, 2.24) is 0 Å². The topological polar surface area (TPSA) is 79.2 Å². The van der Waals surface area contributed by atoms with Crippen LogP contribution in [0.1, 0.15) is 51.9 Å². The maximum Gasteiger partial charge on any atom is 0.114 e. The number of rotatable bonds is 12. The molecule has 1 rings (SSSR count). The van der Waals surface area contributed by atoms with Gasteiger partial charge in [-0.05, 0) is 25.7 Å². The average molecular weight is 316 g/mol. The standard InChI is InChI=1S/C17H32O5/c1-2-3-4-5-6-7-8-9-10-11-21-17-15(20)13-22-16(17)14(19)12-18/h4-5,14-20H,2-3,6-13H2,1H3/b5-4+/t14-,15+,16+,17+/m1/s1. The monoisotopic (exact) mass is 316 g/mol. The van der Waals surface area contributed by atoms with Gasteiger partial charge in [-0.25, -0.2) is 0 Å². The molecule has 1 saturated heterocycles. The van der Waals surface area contributed by atoms with Crippen molar-refractivity contribution in [2.24, 2.45) is 0 Å². The first-order chi connectivity index (χ1) is 10.7. The molecule has 0 unspecified atom stereocenters. The van der Waals surface area contributed by atoms with Crippen molar-refractivity contribution in [2.75, 3.05) is 19.8 Å². The van der Waals surface area contributed by atoms with Crippen LogP contribution in [0.25, 0.3) is 0 Å². The molecule has 0 bridgehead atoms. The van der Waals surface area contributed by atoms with Gasteiger partial charge < -0.3 is 24.8 Å². The van der Waals surface area contributed by atoms with E-state index in [9.17, 15) is 10.2 Å². The Bertz CT molecular complexity index is 295. The molecule has 0 aromatic heterocycles. The van der Waals surface area contributed by atoms with E-state index < -0.39 is 24.4 Å². The van der Waals surface area contributed by atoms with E-state index in [4.69, 9.17) is 14.6 Å². The number of allylic oxidation sites excluding steroid dienone is 2. The second kappa shape index (κ2) is 12.0. The lowest BCUT2D eigenvalue weighted by Gasteiger charge is -2.23. The van der Waals surface area contributed by atoms with E-state index in [1.807, 2.05) is 0 Å². The summed E-state index contributed by atoms with van der Waals surface area (Å²) in [6.45, 7) is 2.49. The third-order valence-electron chi connectivity index (χ3n) is 3.93. The molecule has 1 fully saturated rings. The quantitative estimate of drug-likeness (QED) is 0.378. The highest BCUT2D eigenvalue weighted by Gasteiger charge is 2.40. The molecule has 0 aromatic carbocycles. The Hall–Kier alpha value is -0.460. The first-order valence-electron chi connectivity index (χ1n) is 8.55. The fraction of sp³-hybridized carbons (Fsp3) is 0.882. The van der Waals surface area contributed by atoms with E-state index in [2.05, 4.69) is 19.1 Å². The summed E-state index contributed by atoms with van der Waals surface area (Å²) in [5, 5.41) is 28.4. The molecular weight excluding hydrogens is 284 g/mol. The maximum atomic E-state index is 9.80. The van der Waals surface area contributed by atoms with E-state index in [0.717, 1.165) is 19.3 Å². The number of hydrogen-bond acceptors (Lipinski definition) is 5. The van der Waals surface area contributed by atoms with Gasteiger partial charge in [-0.2, -0.15) is 0 Å². The number of unbranched alkanes of at least 4 members (excludes halogenated alkanes) is 5. The summed E-state index contributed by atoms with van der Waals surface area (Å²) in [4.78, 5) is 0. The van der Waals surface area contributed by atoms with Crippen molar-refractivity contribution in [3.63, 3.8) is 0 Å². The van der Waals surface area contributed by atoms with E-state index in [1.54, 1.807) is 0 Å². The molecule has 1 aliphatic rings. The Morgan fingerprint density at radius 3 is 2.64 bits per heavy atom. The van der Waals surface area contributed by atoms with Gasteiger partial charge in [0.2, 0.25) is 0 Å². The second-order valence-corrected chi connectivity index (χ2v) is 5.91. The third-order valence-corrected chi connectivity index (χ3v) is 3.93. The van der Waals surface area contributed by atoms with Crippen molar-refractivity contribution in [3.8, 4) is 0 Å². The Balaban J connectivity index is 2.05. The van der Waals surface area contributed by atoms with Crippen LogP contribution >= 0.6 is 0 Å². The first kappa shape index (κ1) is 19.6. The lowest BCUT2D eigenvalue weighted by Crippen LogP contribution is -2.42. The van der Waals surface area contributed by atoms with Gasteiger partial charge in [-0.15, -0.1) is 0 Å². The summed E-state index contributed by atoms with van der Waals surface area (Å²) in [5.41, 5.74) is 0. The van der Waals surface area contributed by atoms with E-state index >= 15 is 0 Å². The molecule has 5 nitrogen and oxygen atoms in total. The zero-order valence-corrected chi connectivity index (χ0v) is 13.7. The van der Waals surface area contributed by atoms with Crippen molar-refractivity contribution in [1.29, 1.82) is 0 Å². The predicted octanol–water partition coefficient (Wildman–Crippen LogP) is 1.79. The molecule has 0 amide bonds. The zero-order valence-electron chi connectivity index (χ0n) is 13.7. The molecule has 0 aromatic rings. The molecule has 5 heteroatoms. The minimum Gasteiger partial charge on any atom is -0.394 e. The van der Waals surface area contributed by atoms with Gasteiger partial charge in [0.15, 0.2) is 0 Å². The Morgan fingerprint density at radius 1 is 1.18 bits per heavy atom. The predicted molar refractivity (Wildman–Crippen MR) is 85.7 cm³/mol. The summed E-state index contributed by atoms with van der Waals surface area (Å²) in [5.74, 6) is 0. The van der Waals surface area contributed by atoms with Crippen molar-refractivity contribution >= 4 is 0 Å². The molecule has 22 heavy (non-hydrogen) atoms. The minimum absolute atomic E-state index is 0.149. The van der Waals surface area contributed by atoms with Crippen molar-refractivity contribution in [2.45, 2.75) is 76.3 Å². The Labute approximate surface area is 133 Å². The highest BCUT2D eigenvalue weighted by Crippen LogP contribution is 2.21. The number of ether oxygens (including phenoxy) is 2. The van der Waals surface area contributed by atoms with Crippen LogP contribution in [0.5, 0.6) is 0 Å². The van der Waals surface area contributed by atoms with Crippen LogP contribution in [0.3, 0.4) is 0 Å². The van der Waals surface area contributed by atoms with Crippen LogP contribution < -0.4 is 0 Å². The van der Waals surface area contributed by atoms with Gasteiger partial charge in [0.25, 0.3) is 0 Å². The highest BCUT2D eigenvalue weighted by atomic mass is 16.6. The molecule has 0 aliphatic carbocycles. The second-order valence-electron chi connectivity index (χ2n) is 5.91. The molecule has 1 heterocycles. The van der Waals surface area contributed by atoms with Gasteiger partial charge in [0, 0.05) is 6.61 Å². The molecule has 0 spiro atoms. The van der Waals surface area contributed by atoms with Crippen LogP contribution in [0.4, 0.5) is 0 Å². The highest BCUT2D eigenvalue weighted by molar-refractivity contribution is 4.89. The van der Waals surface area contributed by atoms with E-state index in [0.29, 0.717) is 6.61 Å². The van der Waals surface area contributed by atoms with Crippen LogP contribution in [-0.2, 0) is 9.47 Å². The van der Waals surface area contributed by atoms with E-state index in [-0.39, 0.29) is 13.2 Å². The molecule has 3 N–H and O–H groups in total. The zero-order chi connectivity index (χ0) is 16.2. The molecule has 0 saturated carbocycles. The summed E-state index contributed by atoms with van der Waals surface area (Å²) < 4.78 is 10.9. The van der Waals surface area contributed by atoms with Crippen LogP contribution in [0.2, 0.25) is 0 Å². The number of aliphatic hydroxyl groups excluding tert-OH is 3. The molecule has 4 atom stereocenters. The summed E-state index contributed by atoms with van der Waals surface area (Å²) in [6.07, 6.45) is 9.51. The summed E-state index contributed by atoms with van der Waals surface area (Å²) in [6, 6.07) is 0. The number of aliphatic hydroxyl groups is 3. The normalized spacial score (nSPS) is 26.8. The molecule has 0 radical (unpaired) electrons. The average Bonchev–Trinajstić information content (AvgIpc) is 2.89. The number of hydrogen-bond donors (Lipinski definition) is 3. The Morgan fingerprint density at radius 2 is 1.91 bits per heavy atom. The minimum atomic E-state index is -1.00. The fourth-order valence-corrected chi connectivity index (χ4v) is 2.60. The summed E-state index contributed by atoms with van der Waals surface area (Å²) in [7, 11) is 0. The van der Waals surface area contributed by atoms with Gasteiger partial charge >= 0.3 is 0 Å². The van der Waals surface area contributed by atoms with E-state index in [1.165, 1.54) is 25.7 Å². The van der Waals surface area contributed by atoms with Crippen LogP contribution in [-0.4, -0.2) is 59.6 Å². The third kappa shape index (κ3) is 7.20. The van der Waals surface area contributed by atoms with Crippen LogP contribution in [0.15, 0.2) is 12.2 Å². The van der Waals surface area contributed by atoms with Gasteiger partial charge in [-0.3, -0.25) is 0 Å². The van der Waals surface area contributed by atoms with Gasteiger partial charge in [0.1, 0.15) is 24.4 Å². The lowest BCUT2D eigenvalue weighted by molar-refractivity contribution is -0.0938. The summed E-state index contributed by atoms with van der Waals surface area (Å²) >= 11 is 0. The SMILES string of the molecule is CCC/C=C/CCCCCCO[C@@H]1[C@H]([C@H](O)CO)OC[C@@H]1O. The smallest absolute Gasteiger partial charge is 0.114 e. The molecule has 130 valence electrons. The maximum absolute atomic E-state index is 9.80. The molecular formula is C17H32O5. The first-order valence-corrected chi connectivity index (χ1v) is 8.55. The van der Waals surface area contributed by atoms with Gasteiger partial charge in [0.05, 0.1) is 13.2 Å². The lowest BCUT2D eigenvalue weighted by atomic mass is 10.1. The largest absolute Gasteiger partial charge is 0.394 e. The van der Waals surface area contributed by atoms with Gasteiger partial charge in [-0.1, -0.05) is 38.3 Å². The molecule has 1 aliphatic heterocycles.